The molecule has 10 nitrogen and oxygen atoms in total. The zero-order valence-corrected chi connectivity index (χ0v) is 24.6. The average Bonchev–Trinajstić information content (AvgIpc) is 3.44. The topological polar surface area (TPSA) is 134 Å². The lowest BCUT2D eigenvalue weighted by Gasteiger charge is -2.31. The fraction of sp³-hybridized carbons (Fsp3) is 0.467. The molecule has 2 aromatic carbocycles. The van der Waals surface area contributed by atoms with Gasteiger partial charge in [0.15, 0.2) is 6.10 Å². The highest BCUT2D eigenvalue weighted by Gasteiger charge is 2.41. The molecular weight excluding hydrogens is 546 g/mol. The van der Waals surface area contributed by atoms with Gasteiger partial charge in [0, 0.05) is 5.75 Å². The summed E-state index contributed by atoms with van der Waals surface area (Å²) in [5.41, 5.74) is 1.62. The van der Waals surface area contributed by atoms with Crippen LogP contribution < -0.4 is 10.6 Å². The van der Waals surface area contributed by atoms with E-state index in [0.29, 0.717) is 5.75 Å². The van der Waals surface area contributed by atoms with Crippen LogP contribution in [0.15, 0.2) is 60.7 Å². The Labute approximate surface area is 245 Å². The van der Waals surface area contributed by atoms with E-state index in [1.807, 2.05) is 60.7 Å². The number of ether oxygens (including phenoxy) is 2. The van der Waals surface area contributed by atoms with Crippen LogP contribution in [-0.4, -0.2) is 75.8 Å². The van der Waals surface area contributed by atoms with E-state index in [-0.39, 0.29) is 24.8 Å². The quantitative estimate of drug-likeness (QED) is 0.324. The summed E-state index contributed by atoms with van der Waals surface area (Å²) in [6, 6.07) is 15.6. The van der Waals surface area contributed by atoms with E-state index < -0.39 is 54.2 Å². The number of aliphatic hydroxyl groups is 1. The van der Waals surface area contributed by atoms with Crippen LogP contribution in [0.4, 0.5) is 4.79 Å². The highest BCUT2D eigenvalue weighted by molar-refractivity contribution is 7.99. The van der Waals surface area contributed by atoms with Crippen molar-refractivity contribution in [3.05, 3.63) is 71.8 Å². The maximum Gasteiger partial charge on any atom is 0.408 e. The number of aliphatic hydroxyl groups excluding tert-OH is 1. The third-order valence-electron chi connectivity index (χ3n) is 6.49. The number of carbonyl (C=O) groups excluding carboxylic acids is 4. The van der Waals surface area contributed by atoms with Crippen molar-refractivity contribution in [1.82, 2.24) is 15.5 Å². The van der Waals surface area contributed by atoms with Crippen molar-refractivity contribution < 1.29 is 33.8 Å². The van der Waals surface area contributed by atoms with Gasteiger partial charge in [-0.05, 0) is 37.3 Å². The number of alkyl carbamates (subject to hydrolysis) is 1. The second kappa shape index (κ2) is 15.4. The first-order chi connectivity index (χ1) is 19.6. The first-order valence-electron chi connectivity index (χ1n) is 13.6. The van der Waals surface area contributed by atoms with Gasteiger partial charge >= 0.3 is 12.1 Å². The summed E-state index contributed by atoms with van der Waals surface area (Å²) >= 11 is 1.40. The maximum atomic E-state index is 13.6. The molecule has 3 amide bonds. The van der Waals surface area contributed by atoms with Gasteiger partial charge in [-0.25, -0.2) is 9.59 Å². The predicted octanol–water partition coefficient (Wildman–Crippen LogP) is 2.88. The molecular formula is C30H39N3O7S. The largest absolute Gasteiger partial charge is 0.461 e. The van der Waals surface area contributed by atoms with Crippen LogP contribution in [0.1, 0.15) is 38.8 Å². The van der Waals surface area contributed by atoms with Gasteiger partial charge < -0.3 is 30.1 Å². The average molecular weight is 586 g/mol. The summed E-state index contributed by atoms with van der Waals surface area (Å²) in [5, 5.41) is 16.2. The third-order valence-corrected chi connectivity index (χ3v) is 7.50. The SMILES string of the molecule is CC(C)OC(=O)C(O)C(Cc1ccccc1)NC(=O)C1CSCN1C(=O)C(NC(=O)OCc1ccccc1)C(C)C. The van der Waals surface area contributed by atoms with E-state index in [2.05, 4.69) is 10.6 Å². The van der Waals surface area contributed by atoms with E-state index in [1.54, 1.807) is 27.7 Å². The third kappa shape index (κ3) is 9.50. The Morgan fingerprint density at radius 3 is 2.15 bits per heavy atom. The molecule has 1 heterocycles. The minimum atomic E-state index is -1.61. The van der Waals surface area contributed by atoms with Crippen LogP contribution in [0, 0.1) is 5.92 Å². The van der Waals surface area contributed by atoms with Crippen LogP contribution in [0.3, 0.4) is 0 Å². The molecule has 41 heavy (non-hydrogen) atoms. The number of nitrogens with zero attached hydrogens (tertiary/aromatic N) is 1. The molecule has 0 aromatic heterocycles. The molecule has 0 aliphatic carbocycles. The van der Waals surface area contributed by atoms with Crippen LogP contribution >= 0.6 is 11.8 Å². The molecule has 222 valence electrons. The zero-order chi connectivity index (χ0) is 29.9. The van der Waals surface area contributed by atoms with Crippen molar-refractivity contribution in [1.29, 1.82) is 0 Å². The smallest absolute Gasteiger partial charge is 0.408 e. The van der Waals surface area contributed by atoms with Crippen LogP contribution in [0.5, 0.6) is 0 Å². The summed E-state index contributed by atoms with van der Waals surface area (Å²) in [6.45, 7) is 6.99. The second-order valence-corrected chi connectivity index (χ2v) is 11.5. The molecule has 0 spiro atoms. The molecule has 3 rings (SSSR count). The van der Waals surface area contributed by atoms with Gasteiger partial charge in [0.1, 0.15) is 18.7 Å². The Morgan fingerprint density at radius 2 is 1.56 bits per heavy atom. The monoisotopic (exact) mass is 585 g/mol. The molecule has 1 aliphatic rings. The number of thioether (sulfide) groups is 1. The molecule has 4 atom stereocenters. The van der Waals surface area contributed by atoms with Crippen molar-refractivity contribution in [2.75, 3.05) is 11.6 Å². The van der Waals surface area contributed by atoms with Crippen molar-refractivity contribution in [2.24, 2.45) is 5.92 Å². The summed E-state index contributed by atoms with van der Waals surface area (Å²) in [6.07, 6.45) is -2.60. The number of carbonyl (C=O) groups is 4. The molecule has 1 fully saturated rings. The van der Waals surface area contributed by atoms with Gasteiger partial charge in [0.2, 0.25) is 11.8 Å². The number of hydrogen-bond donors (Lipinski definition) is 3. The molecule has 2 aromatic rings. The van der Waals surface area contributed by atoms with E-state index in [4.69, 9.17) is 9.47 Å². The number of nitrogens with one attached hydrogen (secondary N) is 2. The fourth-order valence-corrected chi connectivity index (χ4v) is 5.48. The predicted molar refractivity (Wildman–Crippen MR) is 156 cm³/mol. The minimum absolute atomic E-state index is 0.0562. The van der Waals surface area contributed by atoms with Gasteiger partial charge in [0.05, 0.1) is 18.0 Å². The van der Waals surface area contributed by atoms with Crippen molar-refractivity contribution in [2.45, 2.75) is 71.1 Å². The second-order valence-electron chi connectivity index (χ2n) is 10.5. The normalized spacial score (nSPS) is 17.0. The lowest BCUT2D eigenvalue weighted by Crippen LogP contribution is -2.58. The maximum absolute atomic E-state index is 13.6. The van der Waals surface area contributed by atoms with E-state index >= 15 is 0 Å². The summed E-state index contributed by atoms with van der Waals surface area (Å²) < 4.78 is 10.5. The van der Waals surface area contributed by atoms with E-state index in [1.165, 1.54) is 16.7 Å². The molecule has 1 saturated heterocycles. The molecule has 4 unspecified atom stereocenters. The van der Waals surface area contributed by atoms with Crippen molar-refractivity contribution >= 4 is 35.6 Å². The number of benzene rings is 2. The molecule has 3 N–H and O–H groups in total. The van der Waals surface area contributed by atoms with Gasteiger partial charge in [-0.3, -0.25) is 9.59 Å². The summed E-state index contributed by atoms with van der Waals surface area (Å²) in [5.74, 6) is -1.46. The number of esters is 1. The standard InChI is InChI=1S/C30H39N3O7S/c1-19(2)25(32-30(38)39-16-22-13-9-6-10-14-22)28(36)33-18-41-17-24(33)27(35)31-23(15-21-11-7-5-8-12-21)26(34)29(37)40-20(3)4/h5-14,19-20,23-26,34H,15-18H2,1-4H3,(H,31,35)(H,32,38). The number of amides is 3. The Morgan fingerprint density at radius 1 is 0.951 bits per heavy atom. The Hall–Kier alpha value is -3.57. The molecule has 11 heteroatoms. The fourth-order valence-electron chi connectivity index (χ4n) is 4.32. The van der Waals surface area contributed by atoms with E-state index in [9.17, 15) is 24.3 Å². The molecule has 0 radical (unpaired) electrons. The minimum Gasteiger partial charge on any atom is -0.461 e. The van der Waals surface area contributed by atoms with Gasteiger partial charge in [0.25, 0.3) is 0 Å². The lowest BCUT2D eigenvalue weighted by molar-refractivity contribution is -0.159. The summed E-state index contributed by atoms with van der Waals surface area (Å²) in [4.78, 5) is 53.6. The van der Waals surface area contributed by atoms with E-state index in [0.717, 1.165) is 11.1 Å². The molecule has 1 aliphatic heterocycles. The Bertz CT molecular complexity index is 1160. The Kier molecular flexibility index (Phi) is 12.0. The number of rotatable bonds is 12. The first kappa shape index (κ1) is 32.0. The van der Waals surface area contributed by atoms with Gasteiger partial charge in [-0.15, -0.1) is 11.8 Å². The highest BCUT2D eigenvalue weighted by atomic mass is 32.2. The van der Waals surface area contributed by atoms with Gasteiger partial charge in [-0.1, -0.05) is 74.5 Å². The zero-order valence-electron chi connectivity index (χ0n) is 23.8. The van der Waals surface area contributed by atoms with Crippen LogP contribution in [0.2, 0.25) is 0 Å². The van der Waals surface area contributed by atoms with Crippen LogP contribution in [-0.2, 0) is 36.9 Å². The highest BCUT2D eigenvalue weighted by Crippen LogP contribution is 2.24. The summed E-state index contributed by atoms with van der Waals surface area (Å²) in [7, 11) is 0. The Balaban J connectivity index is 1.69. The number of hydrogen-bond acceptors (Lipinski definition) is 8. The van der Waals surface area contributed by atoms with Crippen molar-refractivity contribution in [3.8, 4) is 0 Å². The van der Waals surface area contributed by atoms with Crippen LogP contribution in [0.25, 0.3) is 0 Å². The molecule has 0 bridgehead atoms. The van der Waals surface area contributed by atoms with Gasteiger partial charge in [-0.2, -0.15) is 0 Å². The first-order valence-corrected chi connectivity index (χ1v) is 14.8. The van der Waals surface area contributed by atoms with Crippen molar-refractivity contribution in [3.63, 3.8) is 0 Å². The molecule has 0 saturated carbocycles. The lowest BCUT2D eigenvalue weighted by atomic mass is 10.00.